The van der Waals surface area contributed by atoms with E-state index in [0.29, 0.717) is 6.29 Å². The van der Waals surface area contributed by atoms with E-state index in [1.807, 2.05) is 6.07 Å². The first-order chi connectivity index (χ1) is 6.22. The lowest BCUT2D eigenvalue weighted by Gasteiger charge is -1.97. The number of nitrogens with zero attached hydrogens (tertiary/aromatic N) is 1. The summed E-state index contributed by atoms with van der Waals surface area (Å²) in [5.41, 5.74) is 0.821. The highest BCUT2D eigenvalue weighted by atomic mass is 79.9. The van der Waals surface area contributed by atoms with Gasteiger partial charge in [0.2, 0.25) is 0 Å². The van der Waals surface area contributed by atoms with Crippen molar-refractivity contribution in [1.82, 2.24) is 4.98 Å². The molecule has 1 heterocycles. The number of Topliss-reactive ketones (excluding diaryl/α,β-unsaturated/α-hetero) is 1. The lowest BCUT2D eigenvalue weighted by Crippen LogP contribution is -2.03. The van der Waals surface area contributed by atoms with E-state index < -0.39 is 0 Å². The Labute approximate surface area is 84.3 Å². The number of hydrogen-bond donors (Lipinski definition) is 0. The highest BCUT2D eigenvalue weighted by Crippen LogP contribution is 2.10. The highest BCUT2D eigenvalue weighted by molar-refractivity contribution is 9.10. The van der Waals surface area contributed by atoms with Crippen LogP contribution in [0.4, 0.5) is 0 Å². The number of aldehydes is 1. The van der Waals surface area contributed by atoms with Gasteiger partial charge >= 0.3 is 0 Å². The van der Waals surface area contributed by atoms with Crippen molar-refractivity contribution in [2.75, 3.05) is 0 Å². The van der Waals surface area contributed by atoms with E-state index in [1.54, 1.807) is 12.4 Å². The first kappa shape index (κ1) is 10.1. The molecule has 0 fully saturated rings. The maximum atomic E-state index is 11.0. The molecule has 13 heavy (non-hydrogen) atoms. The van der Waals surface area contributed by atoms with Gasteiger partial charge in [-0.05, 0) is 27.6 Å². The van der Waals surface area contributed by atoms with Gasteiger partial charge < -0.3 is 4.79 Å². The molecule has 0 aliphatic carbocycles. The number of hydrogen-bond acceptors (Lipinski definition) is 3. The third-order valence-corrected chi connectivity index (χ3v) is 1.91. The molecule has 68 valence electrons. The van der Waals surface area contributed by atoms with Crippen molar-refractivity contribution in [3.8, 4) is 0 Å². The van der Waals surface area contributed by atoms with Crippen molar-refractivity contribution >= 4 is 28.0 Å². The van der Waals surface area contributed by atoms with E-state index >= 15 is 0 Å². The molecule has 4 heteroatoms. The van der Waals surface area contributed by atoms with Gasteiger partial charge in [0, 0.05) is 23.3 Å². The van der Waals surface area contributed by atoms with Crippen molar-refractivity contribution in [3.05, 3.63) is 28.5 Å². The van der Waals surface area contributed by atoms with Crippen LogP contribution < -0.4 is 0 Å². The molecule has 0 spiro atoms. The van der Waals surface area contributed by atoms with Gasteiger partial charge in [-0.25, -0.2) is 0 Å². The minimum absolute atomic E-state index is 0.0213. The Morgan fingerprint density at radius 3 is 2.92 bits per heavy atom. The van der Waals surface area contributed by atoms with E-state index in [9.17, 15) is 9.59 Å². The molecule has 0 saturated heterocycles. The van der Waals surface area contributed by atoms with Crippen LogP contribution in [0, 0.1) is 0 Å². The summed E-state index contributed by atoms with van der Waals surface area (Å²) >= 11 is 3.25. The summed E-state index contributed by atoms with van der Waals surface area (Å²) in [7, 11) is 0. The highest BCUT2D eigenvalue weighted by Gasteiger charge is 2.03. The van der Waals surface area contributed by atoms with E-state index in [1.165, 1.54) is 0 Å². The summed E-state index contributed by atoms with van der Waals surface area (Å²) in [6, 6.07) is 1.82. The second kappa shape index (κ2) is 4.87. The zero-order valence-electron chi connectivity index (χ0n) is 6.87. The SMILES string of the molecule is O=CCC(=O)Cc1cncc(Br)c1. The van der Waals surface area contributed by atoms with Gasteiger partial charge in [0.05, 0.1) is 6.42 Å². The van der Waals surface area contributed by atoms with Crippen molar-refractivity contribution in [1.29, 1.82) is 0 Å². The Balaban J connectivity index is 2.63. The normalized spacial score (nSPS) is 9.62. The largest absolute Gasteiger partial charge is 0.303 e. The Bertz CT molecular complexity index is 325. The standard InChI is InChI=1S/C9H8BrNO2/c10-8-3-7(5-11-6-8)4-9(13)1-2-12/h2-3,5-6H,1,4H2. The average Bonchev–Trinajstić information content (AvgIpc) is 2.04. The van der Waals surface area contributed by atoms with Gasteiger partial charge in [-0.15, -0.1) is 0 Å². The summed E-state index contributed by atoms with van der Waals surface area (Å²) in [6.07, 6.45) is 4.13. The maximum absolute atomic E-state index is 11.0. The molecule has 0 unspecified atom stereocenters. The zero-order valence-corrected chi connectivity index (χ0v) is 8.45. The zero-order chi connectivity index (χ0) is 9.68. The molecule has 0 N–H and O–H groups in total. The molecule has 0 atom stereocenters. The number of carbonyl (C=O) groups excluding carboxylic acids is 2. The van der Waals surface area contributed by atoms with Gasteiger partial charge in [0.25, 0.3) is 0 Å². The summed E-state index contributed by atoms with van der Waals surface area (Å²) < 4.78 is 0.837. The molecule has 0 amide bonds. The first-order valence-electron chi connectivity index (χ1n) is 3.77. The van der Waals surface area contributed by atoms with Gasteiger partial charge in [0.1, 0.15) is 12.1 Å². The van der Waals surface area contributed by atoms with Gasteiger partial charge in [-0.1, -0.05) is 0 Å². The number of halogens is 1. The van der Waals surface area contributed by atoms with Crippen molar-refractivity contribution in [2.45, 2.75) is 12.8 Å². The van der Waals surface area contributed by atoms with Crippen molar-refractivity contribution in [3.63, 3.8) is 0 Å². The molecule has 0 bridgehead atoms. The second-order valence-electron chi connectivity index (χ2n) is 2.60. The van der Waals surface area contributed by atoms with Gasteiger partial charge in [-0.3, -0.25) is 9.78 Å². The minimum Gasteiger partial charge on any atom is -0.303 e. The molecule has 0 saturated carbocycles. The fourth-order valence-corrected chi connectivity index (χ4v) is 1.36. The number of carbonyl (C=O) groups is 2. The minimum atomic E-state index is -0.0881. The Morgan fingerprint density at radius 2 is 2.31 bits per heavy atom. The van der Waals surface area contributed by atoms with E-state index in [2.05, 4.69) is 20.9 Å². The van der Waals surface area contributed by atoms with Crippen LogP contribution in [0.3, 0.4) is 0 Å². The second-order valence-corrected chi connectivity index (χ2v) is 3.51. The quantitative estimate of drug-likeness (QED) is 0.594. The number of rotatable bonds is 4. The van der Waals surface area contributed by atoms with E-state index in [-0.39, 0.29) is 18.6 Å². The number of ketones is 1. The number of pyridine rings is 1. The van der Waals surface area contributed by atoms with Crippen LogP contribution in [0.15, 0.2) is 22.9 Å². The molecule has 3 nitrogen and oxygen atoms in total. The Kier molecular flexibility index (Phi) is 3.76. The molecule has 1 aromatic rings. The summed E-state index contributed by atoms with van der Waals surface area (Å²) in [6.45, 7) is 0. The third kappa shape index (κ3) is 3.46. The third-order valence-electron chi connectivity index (χ3n) is 1.47. The van der Waals surface area contributed by atoms with Crippen LogP contribution in [0.2, 0.25) is 0 Å². The first-order valence-corrected chi connectivity index (χ1v) is 4.56. The molecule has 0 radical (unpaired) electrons. The van der Waals surface area contributed by atoms with E-state index in [4.69, 9.17) is 0 Å². The molecule has 1 aromatic heterocycles. The molecular formula is C9H8BrNO2. The van der Waals surface area contributed by atoms with Gasteiger partial charge in [-0.2, -0.15) is 0 Å². The fraction of sp³-hybridized carbons (Fsp3) is 0.222. The van der Waals surface area contributed by atoms with Crippen LogP contribution >= 0.6 is 15.9 Å². The maximum Gasteiger partial charge on any atom is 0.144 e. The van der Waals surface area contributed by atoms with Crippen molar-refractivity contribution < 1.29 is 9.59 Å². The summed E-state index contributed by atoms with van der Waals surface area (Å²) in [5, 5.41) is 0. The van der Waals surface area contributed by atoms with Crippen LogP contribution in [0.5, 0.6) is 0 Å². The molecule has 0 aliphatic rings. The summed E-state index contributed by atoms with van der Waals surface area (Å²) in [4.78, 5) is 25.0. The summed E-state index contributed by atoms with van der Waals surface area (Å²) in [5.74, 6) is -0.0881. The van der Waals surface area contributed by atoms with Crippen LogP contribution in [-0.4, -0.2) is 17.1 Å². The van der Waals surface area contributed by atoms with Crippen molar-refractivity contribution in [2.24, 2.45) is 0 Å². The van der Waals surface area contributed by atoms with E-state index in [0.717, 1.165) is 10.0 Å². The van der Waals surface area contributed by atoms with Crippen LogP contribution in [0.1, 0.15) is 12.0 Å². The van der Waals surface area contributed by atoms with Gasteiger partial charge in [0.15, 0.2) is 0 Å². The monoisotopic (exact) mass is 241 g/mol. The lowest BCUT2D eigenvalue weighted by atomic mass is 10.1. The molecular weight excluding hydrogens is 234 g/mol. The smallest absolute Gasteiger partial charge is 0.144 e. The molecule has 1 rings (SSSR count). The Morgan fingerprint density at radius 1 is 1.54 bits per heavy atom. The predicted molar refractivity (Wildman–Crippen MR) is 51.3 cm³/mol. The topological polar surface area (TPSA) is 47.0 Å². The lowest BCUT2D eigenvalue weighted by molar-refractivity contribution is -0.121. The molecule has 0 aromatic carbocycles. The van der Waals surface area contributed by atoms with Crippen LogP contribution in [-0.2, 0) is 16.0 Å². The molecule has 0 aliphatic heterocycles. The predicted octanol–water partition coefficient (Wildman–Crippen LogP) is 1.54. The van der Waals surface area contributed by atoms with Crippen LogP contribution in [0.25, 0.3) is 0 Å². The Hall–Kier alpha value is -1.03. The average molecular weight is 242 g/mol. The fourth-order valence-electron chi connectivity index (χ4n) is 0.945. The number of aromatic nitrogens is 1.